The number of para-hydroxylation sites is 1. The van der Waals surface area contributed by atoms with Crippen LogP contribution in [0.3, 0.4) is 0 Å². The Hall–Kier alpha value is -1.11. The first-order valence-electron chi connectivity index (χ1n) is 7.51. The second kappa shape index (κ2) is 9.02. The van der Waals surface area contributed by atoms with Gasteiger partial charge in [0.2, 0.25) is 10.0 Å². The zero-order valence-corrected chi connectivity index (χ0v) is 13.7. The molecule has 1 rings (SSSR count). The van der Waals surface area contributed by atoms with Gasteiger partial charge in [0.1, 0.15) is 4.90 Å². The first-order valence-corrected chi connectivity index (χ1v) is 8.95. The first kappa shape index (κ1) is 17.9. The van der Waals surface area contributed by atoms with E-state index >= 15 is 0 Å². The molecule has 0 aliphatic rings. The molecule has 0 fully saturated rings. The van der Waals surface area contributed by atoms with Crippen molar-refractivity contribution in [3.63, 3.8) is 0 Å². The number of unbranched alkanes of at least 4 members (excludes halogenated alkanes) is 1. The average Bonchev–Trinajstić information content (AvgIpc) is 2.49. The van der Waals surface area contributed by atoms with E-state index < -0.39 is 10.0 Å². The van der Waals surface area contributed by atoms with Gasteiger partial charge in [0.25, 0.3) is 0 Å². The van der Waals surface area contributed by atoms with Gasteiger partial charge in [-0.25, -0.2) is 8.42 Å². The maximum absolute atomic E-state index is 12.8. The van der Waals surface area contributed by atoms with E-state index in [1.54, 1.807) is 18.2 Å². The van der Waals surface area contributed by atoms with Gasteiger partial charge >= 0.3 is 0 Å². The molecular formula is C15H26N2O3S. The predicted molar refractivity (Wildman–Crippen MR) is 86.0 cm³/mol. The summed E-state index contributed by atoms with van der Waals surface area (Å²) in [5.74, 6) is 0. The highest BCUT2D eigenvalue weighted by atomic mass is 32.2. The van der Waals surface area contributed by atoms with Crippen LogP contribution >= 0.6 is 0 Å². The minimum absolute atomic E-state index is 0.129. The zero-order chi connectivity index (χ0) is 15.7. The van der Waals surface area contributed by atoms with E-state index in [-0.39, 0.29) is 18.0 Å². The van der Waals surface area contributed by atoms with Gasteiger partial charge in [-0.2, -0.15) is 4.31 Å². The second-order valence-corrected chi connectivity index (χ2v) is 6.81. The number of aliphatic hydroxyl groups excluding tert-OH is 1. The number of hydrogen-bond donors (Lipinski definition) is 2. The number of anilines is 1. The van der Waals surface area contributed by atoms with Crippen LogP contribution in [0.2, 0.25) is 0 Å². The standard InChI is InChI=1S/C15H26N2O3S/c1-3-5-11-17(12-13-18)21(19,20)15-9-7-6-8-14(15)16-10-4-2/h6-9,16,18H,3-5,10-13H2,1-2H3. The lowest BCUT2D eigenvalue weighted by Crippen LogP contribution is -2.34. The van der Waals surface area contributed by atoms with E-state index in [0.29, 0.717) is 12.2 Å². The Morgan fingerprint density at radius 2 is 1.86 bits per heavy atom. The summed E-state index contributed by atoms with van der Waals surface area (Å²) in [4.78, 5) is 0.281. The molecule has 0 spiro atoms. The molecule has 0 heterocycles. The summed E-state index contributed by atoms with van der Waals surface area (Å²) >= 11 is 0. The molecule has 0 aromatic heterocycles. The van der Waals surface area contributed by atoms with E-state index in [2.05, 4.69) is 5.32 Å². The summed E-state index contributed by atoms with van der Waals surface area (Å²) in [5.41, 5.74) is 0.624. The summed E-state index contributed by atoms with van der Waals surface area (Å²) < 4.78 is 26.9. The summed E-state index contributed by atoms with van der Waals surface area (Å²) in [6.07, 6.45) is 2.61. The van der Waals surface area contributed by atoms with Crippen molar-refractivity contribution in [1.82, 2.24) is 4.31 Å². The smallest absolute Gasteiger partial charge is 0.245 e. The van der Waals surface area contributed by atoms with Crippen molar-refractivity contribution in [1.29, 1.82) is 0 Å². The summed E-state index contributed by atoms with van der Waals surface area (Å²) in [6.45, 7) is 5.16. The Kier molecular flexibility index (Phi) is 7.71. The Labute approximate surface area is 128 Å². The van der Waals surface area contributed by atoms with Crippen molar-refractivity contribution in [3.05, 3.63) is 24.3 Å². The molecule has 0 saturated carbocycles. The lowest BCUT2D eigenvalue weighted by atomic mass is 10.3. The molecule has 0 radical (unpaired) electrons. The van der Waals surface area contributed by atoms with Crippen molar-refractivity contribution >= 4 is 15.7 Å². The second-order valence-electron chi connectivity index (χ2n) is 4.90. The maximum atomic E-state index is 12.8. The Balaban J connectivity index is 3.08. The van der Waals surface area contributed by atoms with Crippen LogP contribution in [-0.2, 0) is 10.0 Å². The van der Waals surface area contributed by atoms with E-state index in [1.807, 2.05) is 19.9 Å². The summed E-state index contributed by atoms with van der Waals surface area (Å²) in [7, 11) is -3.59. The van der Waals surface area contributed by atoms with E-state index in [0.717, 1.165) is 25.8 Å². The summed E-state index contributed by atoms with van der Waals surface area (Å²) in [5, 5.41) is 12.3. The molecule has 1 aromatic rings. The molecule has 0 bridgehead atoms. The number of aliphatic hydroxyl groups is 1. The molecule has 6 heteroatoms. The lowest BCUT2D eigenvalue weighted by Gasteiger charge is -2.23. The van der Waals surface area contributed by atoms with Crippen LogP contribution in [0.15, 0.2) is 29.2 Å². The van der Waals surface area contributed by atoms with Crippen LogP contribution in [0.1, 0.15) is 33.1 Å². The van der Waals surface area contributed by atoms with Crippen molar-refractivity contribution in [2.45, 2.75) is 38.0 Å². The maximum Gasteiger partial charge on any atom is 0.245 e. The van der Waals surface area contributed by atoms with Crippen LogP contribution in [0.4, 0.5) is 5.69 Å². The molecule has 0 aliphatic heterocycles. The van der Waals surface area contributed by atoms with Gasteiger partial charge in [0.15, 0.2) is 0 Å². The Bertz CT molecular complexity index is 517. The molecule has 5 nitrogen and oxygen atoms in total. The van der Waals surface area contributed by atoms with Crippen LogP contribution in [0.5, 0.6) is 0 Å². The number of nitrogens with one attached hydrogen (secondary N) is 1. The molecule has 21 heavy (non-hydrogen) atoms. The molecule has 0 amide bonds. The zero-order valence-electron chi connectivity index (χ0n) is 12.9. The van der Waals surface area contributed by atoms with Gasteiger partial charge in [-0.1, -0.05) is 32.4 Å². The quantitative estimate of drug-likeness (QED) is 0.695. The van der Waals surface area contributed by atoms with Crippen molar-refractivity contribution in [3.8, 4) is 0 Å². The fourth-order valence-corrected chi connectivity index (χ4v) is 3.67. The van der Waals surface area contributed by atoms with Crippen LogP contribution in [0, 0.1) is 0 Å². The van der Waals surface area contributed by atoms with Gasteiger partial charge in [-0.05, 0) is 25.0 Å². The molecular weight excluding hydrogens is 288 g/mol. The van der Waals surface area contributed by atoms with Crippen LogP contribution in [-0.4, -0.2) is 44.1 Å². The van der Waals surface area contributed by atoms with Crippen LogP contribution in [0.25, 0.3) is 0 Å². The number of nitrogens with zero attached hydrogens (tertiary/aromatic N) is 1. The van der Waals surface area contributed by atoms with Gasteiger partial charge < -0.3 is 10.4 Å². The van der Waals surface area contributed by atoms with E-state index in [1.165, 1.54) is 4.31 Å². The molecule has 0 aliphatic carbocycles. The number of rotatable bonds is 10. The molecule has 2 N–H and O–H groups in total. The fourth-order valence-electron chi connectivity index (χ4n) is 2.03. The number of sulfonamides is 1. The first-order chi connectivity index (χ1) is 10.1. The van der Waals surface area contributed by atoms with Crippen molar-refractivity contribution < 1.29 is 13.5 Å². The minimum atomic E-state index is -3.59. The lowest BCUT2D eigenvalue weighted by molar-refractivity contribution is 0.252. The van der Waals surface area contributed by atoms with Gasteiger partial charge in [0.05, 0.1) is 12.3 Å². The highest BCUT2D eigenvalue weighted by Crippen LogP contribution is 2.24. The molecule has 1 aromatic carbocycles. The van der Waals surface area contributed by atoms with Gasteiger partial charge in [-0.3, -0.25) is 0 Å². The Morgan fingerprint density at radius 1 is 1.14 bits per heavy atom. The normalized spacial score (nSPS) is 11.8. The van der Waals surface area contributed by atoms with Gasteiger partial charge in [-0.15, -0.1) is 0 Å². The summed E-state index contributed by atoms with van der Waals surface area (Å²) in [6, 6.07) is 6.93. The van der Waals surface area contributed by atoms with E-state index in [9.17, 15) is 8.42 Å². The fraction of sp³-hybridized carbons (Fsp3) is 0.600. The van der Waals surface area contributed by atoms with Crippen molar-refractivity contribution in [2.75, 3.05) is 31.6 Å². The largest absolute Gasteiger partial charge is 0.395 e. The third-order valence-corrected chi connectivity index (χ3v) is 5.14. The Morgan fingerprint density at radius 3 is 2.48 bits per heavy atom. The molecule has 0 atom stereocenters. The highest BCUT2D eigenvalue weighted by molar-refractivity contribution is 7.89. The number of hydrogen-bond acceptors (Lipinski definition) is 4. The minimum Gasteiger partial charge on any atom is -0.395 e. The van der Waals surface area contributed by atoms with Crippen LogP contribution < -0.4 is 5.32 Å². The number of benzene rings is 1. The molecule has 0 unspecified atom stereocenters. The third kappa shape index (κ3) is 4.98. The molecule has 0 saturated heterocycles. The third-order valence-electron chi connectivity index (χ3n) is 3.18. The van der Waals surface area contributed by atoms with E-state index in [4.69, 9.17) is 5.11 Å². The topological polar surface area (TPSA) is 69.6 Å². The van der Waals surface area contributed by atoms with Crippen molar-refractivity contribution in [2.24, 2.45) is 0 Å². The average molecular weight is 314 g/mol. The van der Waals surface area contributed by atoms with Gasteiger partial charge in [0, 0.05) is 19.6 Å². The molecule has 120 valence electrons. The monoisotopic (exact) mass is 314 g/mol. The SMILES string of the molecule is CCCCN(CCO)S(=O)(=O)c1ccccc1NCCC. The predicted octanol–water partition coefficient (Wildman–Crippen LogP) is 2.29. The highest BCUT2D eigenvalue weighted by Gasteiger charge is 2.25.